The molecule has 1 unspecified atom stereocenters. The largest absolute Gasteiger partial charge is 0.483 e. The van der Waals surface area contributed by atoms with Gasteiger partial charge in [0.25, 0.3) is 6.47 Å². The molecule has 3 fully saturated rings. The van der Waals surface area contributed by atoms with Crippen LogP contribution >= 0.6 is 0 Å². The number of carboxylic acid groups (broad SMARTS) is 1. The fraction of sp³-hybridized carbons (Fsp3) is 0.650. The van der Waals surface area contributed by atoms with E-state index in [1.54, 1.807) is 6.20 Å². The maximum Gasteiger partial charge on any atom is 0.358 e. The first kappa shape index (κ1) is 21.9. The van der Waals surface area contributed by atoms with Gasteiger partial charge in [-0.25, -0.2) is 14.8 Å². The average molecular weight is 420 g/mol. The number of esters is 2. The summed E-state index contributed by atoms with van der Waals surface area (Å²) in [6, 6.07) is 0. The summed E-state index contributed by atoms with van der Waals surface area (Å²) in [5.74, 6) is 0.195. The smallest absolute Gasteiger partial charge is 0.358 e. The Morgan fingerprint density at radius 3 is 2.50 bits per heavy atom. The number of carbonyl (C=O) groups is 3. The molecular weight excluding hydrogens is 392 g/mol. The van der Waals surface area contributed by atoms with Gasteiger partial charge in [0.15, 0.2) is 5.69 Å². The second-order valence-electron chi connectivity index (χ2n) is 7.86. The van der Waals surface area contributed by atoms with E-state index in [1.807, 2.05) is 0 Å². The Labute approximate surface area is 175 Å². The van der Waals surface area contributed by atoms with Crippen LogP contribution in [0, 0.1) is 5.41 Å². The highest BCUT2D eigenvalue weighted by atomic mass is 16.6. The predicted octanol–water partition coefficient (Wildman–Crippen LogP) is 0.962. The maximum absolute atomic E-state index is 12.6. The Morgan fingerprint density at radius 2 is 1.93 bits per heavy atom. The number of likely N-dealkylation sites (tertiary alicyclic amines) is 1. The van der Waals surface area contributed by atoms with Crippen LogP contribution in [0.2, 0.25) is 0 Å². The van der Waals surface area contributed by atoms with Crippen LogP contribution in [0.3, 0.4) is 0 Å². The molecule has 164 valence electrons. The Morgan fingerprint density at radius 1 is 1.27 bits per heavy atom. The summed E-state index contributed by atoms with van der Waals surface area (Å²) in [6.07, 6.45) is 7.90. The standard InChI is InChI=1S/C19H26N4O4.CH2O2/c1-26-17(24)15-11-21-16(12-20-15)23-8-4-19(5-9-23)10-14(27-18(19)25)13-22-6-2-3-7-22;2-1-3/h11-12,14H,2-10,13H2,1H3;1H,(H,2,3). The van der Waals surface area contributed by atoms with Gasteiger partial charge in [0.1, 0.15) is 11.9 Å². The molecule has 1 aromatic heterocycles. The molecule has 10 nitrogen and oxygen atoms in total. The van der Waals surface area contributed by atoms with E-state index in [2.05, 4.69) is 24.5 Å². The van der Waals surface area contributed by atoms with Gasteiger partial charge in [0.2, 0.25) is 0 Å². The first-order valence-electron chi connectivity index (χ1n) is 10.2. The molecule has 1 atom stereocenters. The fourth-order valence-electron chi connectivity index (χ4n) is 4.46. The lowest BCUT2D eigenvalue weighted by Crippen LogP contribution is -2.43. The van der Waals surface area contributed by atoms with E-state index in [-0.39, 0.29) is 29.7 Å². The molecule has 1 aromatic rings. The van der Waals surface area contributed by atoms with Crippen molar-refractivity contribution in [2.45, 2.75) is 38.2 Å². The summed E-state index contributed by atoms with van der Waals surface area (Å²) in [6.45, 7) is 4.33. The van der Waals surface area contributed by atoms with Crippen LogP contribution in [0.5, 0.6) is 0 Å². The number of hydrogen-bond acceptors (Lipinski definition) is 9. The molecule has 4 heterocycles. The van der Waals surface area contributed by atoms with E-state index >= 15 is 0 Å². The third kappa shape index (κ3) is 4.86. The minimum absolute atomic E-state index is 0.0290. The van der Waals surface area contributed by atoms with Crippen molar-refractivity contribution in [3.63, 3.8) is 0 Å². The number of anilines is 1. The zero-order valence-electron chi connectivity index (χ0n) is 17.2. The Bertz CT molecular complexity index is 742. The third-order valence-corrected chi connectivity index (χ3v) is 6.06. The van der Waals surface area contributed by atoms with Gasteiger partial charge in [0.05, 0.1) is 24.9 Å². The highest BCUT2D eigenvalue weighted by Crippen LogP contribution is 2.43. The van der Waals surface area contributed by atoms with Gasteiger partial charge in [-0.3, -0.25) is 14.5 Å². The summed E-state index contributed by atoms with van der Waals surface area (Å²) in [5, 5.41) is 6.89. The van der Waals surface area contributed by atoms with E-state index in [4.69, 9.17) is 14.6 Å². The number of ether oxygens (including phenoxy) is 2. The topological polar surface area (TPSA) is 122 Å². The molecule has 1 spiro atoms. The van der Waals surface area contributed by atoms with Crippen molar-refractivity contribution in [3.8, 4) is 0 Å². The van der Waals surface area contributed by atoms with Crippen molar-refractivity contribution in [1.82, 2.24) is 14.9 Å². The molecule has 0 saturated carbocycles. The first-order chi connectivity index (χ1) is 14.5. The van der Waals surface area contributed by atoms with Crippen molar-refractivity contribution in [2.24, 2.45) is 5.41 Å². The minimum Gasteiger partial charge on any atom is -0.483 e. The van der Waals surface area contributed by atoms with Gasteiger partial charge in [-0.15, -0.1) is 0 Å². The van der Waals surface area contributed by atoms with Gasteiger partial charge in [0, 0.05) is 26.1 Å². The van der Waals surface area contributed by atoms with E-state index in [1.165, 1.54) is 26.1 Å². The third-order valence-electron chi connectivity index (χ3n) is 6.06. The van der Waals surface area contributed by atoms with Crippen LogP contribution in [0.15, 0.2) is 12.4 Å². The molecular formula is C20H28N4O6. The predicted molar refractivity (Wildman–Crippen MR) is 106 cm³/mol. The maximum atomic E-state index is 12.6. The number of aromatic nitrogens is 2. The number of nitrogens with zero attached hydrogens (tertiary/aromatic N) is 4. The van der Waals surface area contributed by atoms with Crippen LogP contribution in [-0.4, -0.2) is 84.3 Å². The summed E-state index contributed by atoms with van der Waals surface area (Å²) in [4.78, 5) is 45.4. The second kappa shape index (κ2) is 9.84. The van der Waals surface area contributed by atoms with Gasteiger partial charge >= 0.3 is 11.9 Å². The normalized spacial score (nSPS) is 22.9. The van der Waals surface area contributed by atoms with Crippen molar-refractivity contribution in [1.29, 1.82) is 0 Å². The molecule has 0 amide bonds. The van der Waals surface area contributed by atoms with E-state index in [0.29, 0.717) is 0 Å². The van der Waals surface area contributed by atoms with Crippen LogP contribution < -0.4 is 4.90 Å². The summed E-state index contributed by atoms with van der Waals surface area (Å²) < 4.78 is 10.4. The number of piperidine rings is 1. The highest BCUT2D eigenvalue weighted by molar-refractivity contribution is 5.86. The monoisotopic (exact) mass is 420 g/mol. The number of carbonyl (C=O) groups excluding carboxylic acids is 2. The van der Waals surface area contributed by atoms with Crippen molar-refractivity contribution < 1.29 is 29.0 Å². The second-order valence-corrected chi connectivity index (χ2v) is 7.86. The molecule has 0 radical (unpaired) electrons. The van der Waals surface area contributed by atoms with Gasteiger partial charge in [-0.2, -0.15) is 0 Å². The van der Waals surface area contributed by atoms with Gasteiger partial charge < -0.3 is 19.5 Å². The van der Waals surface area contributed by atoms with Gasteiger partial charge in [-0.1, -0.05) is 0 Å². The number of rotatable bonds is 4. The van der Waals surface area contributed by atoms with Crippen LogP contribution in [0.25, 0.3) is 0 Å². The van der Waals surface area contributed by atoms with Crippen LogP contribution in [0.1, 0.15) is 42.6 Å². The van der Waals surface area contributed by atoms with E-state index < -0.39 is 5.97 Å². The van der Waals surface area contributed by atoms with Crippen molar-refractivity contribution in [2.75, 3.05) is 44.7 Å². The molecule has 0 bridgehead atoms. The Hall–Kier alpha value is -2.75. The molecule has 4 rings (SSSR count). The molecule has 1 N–H and O–H groups in total. The SMILES string of the molecule is COC(=O)c1cnc(N2CCC3(CC2)CC(CN2CCCC2)OC3=O)cn1.O=CO. The van der Waals surface area contributed by atoms with E-state index in [0.717, 1.165) is 57.8 Å². The van der Waals surface area contributed by atoms with Crippen LogP contribution in [-0.2, 0) is 19.1 Å². The lowest BCUT2D eigenvalue weighted by molar-refractivity contribution is -0.150. The Balaban J connectivity index is 0.000000806. The lowest BCUT2D eigenvalue weighted by Gasteiger charge is -2.37. The summed E-state index contributed by atoms with van der Waals surface area (Å²) in [7, 11) is 1.32. The molecule has 3 saturated heterocycles. The molecule has 10 heteroatoms. The molecule has 30 heavy (non-hydrogen) atoms. The highest BCUT2D eigenvalue weighted by Gasteiger charge is 2.50. The molecule has 3 aliphatic heterocycles. The number of methoxy groups -OCH3 is 1. The number of hydrogen-bond donors (Lipinski definition) is 1. The average Bonchev–Trinajstić information content (AvgIpc) is 3.37. The first-order valence-corrected chi connectivity index (χ1v) is 10.2. The van der Waals surface area contributed by atoms with Crippen molar-refractivity contribution >= 4 is 24.2 Å². The molecule has 0 aliphatic carbocycles. The Kier molecular flexibility index (Phi) is 7.20. The molecule has 0 aromatic carbocycles. The minimum atomic E-state index is -0.496. The number of cyclic esters (lactones) is 1. The van der Waals surface area contributed by atoms with Gasteiger partial charge in [-0.05, 0) is 38.8 Å². The fourth-order valence-corrected chi connectivity index (χ4v) is 4.46. The van der Waals surface area contributed by atoms with Crippen molar-refractivity contribution in [3.05, 3.63) is 18.1 Å². The zero-order chi connectivity index (χ0) is 21.6. The quantitative estimate of drug-likeness (QED) is 0.557. The molecule has 3 aliphatic rings. The van der Waals surface area contributed by atoms with Crippen LogP contribution in [0.4, 0.5) is 5.82 Å². The lowest BCUT2D eigenvalue weighted by atomic mass is 9.76. The summed E-state index contributed by atoms with van der Waals surface area (Å²) >= 11 is 0. The summed E-state index contributed by atoms with van der Waals surface area (Å²) in [5.41, 5.74) is -0.154. The zero-order valence-corrected chi connectivity index (χ0v) is 17.2. The van der Waals surface area contributed by atoms with E-state index in [9.17, 15) is 9.59 Å².